The molecule has 0 heterocycles. The molecule has 0 aliphatic heterocycles. The smallest absolute Gasteiger partial charge is 0.0675 e. The summed E-state index contributed by atoms with van der Waals surface area (Å²) in [6.45, 7) is 10.8. The van der Waals surface area contributed by atoms with Crippen LogP contribution in [-0.2, 0) is 0 Å². The number of aliphatic hydroxyl groups is 1. The van der Waals surface area contributed by atoms with Gasteiger partial charge in [0.15, 0.2) is 0 Å². The molecule has 1 aliphatic carbocycles. The molecule has 1 aliphatic rings. The second kappa shape index (κ2) is 2.01. The van der Waals surface area contributed by atoms with Gasteiger partial charge in [-0.2, -0.15) is 0 Å². The molecule has 0 bridgehead atoms. The molecule has 1 nitrogen and oxygen atoms in total. The first-order valence-electron chi connectivity index (χ1n) is 4.43. The van der Waals surface area contributed by atoms with E-state index in [2.05, 4.69) is 27.7 Å². The zero-order valence-corrected chi connectivity index (χ0v) is 8.36. The molecule has 1 rings (SSSR count). The Balaban J connectivity index is 3.00. The van der Waals surface area contributed by atoms with Crippen LogP contribution in [0.3, 0.4) is 0 Å². The zero-order chi connectivity index (χ0) is 8.91. The summed E-state index contributed by atoms with van der Waals surface area (Å²) in [6.07, 6.45) is 2.07. The van der Waals surface area contributed by atoms with Crippen molar-refractivity contribution in [3.8, 4) is 0 Å². The Kier molecular flexibility index (Phi) is 1.65. The first-order valence-corrected chi connectivity index (χ1v) is 4.43. The van der Waals surface area contributed by atoms with Crippen molar-refractivity contribution in [2.24, 2.45) is 10.8 Å². The van der Waals surface area contributed by atoms with Crippen molar-refractivity contribution in [2.75, 3.05) is 0 Å². The van der Waals surface area contributed by atoms with E-state index in [1.807, 2.05) is 6.92 Å². The molecule has 0 radical (unpaired) electrons. The van der Waals surface area contributed by atoms with Crippen LogP contribution in [0.2, 0.25) is 0 Å². The SMILES string of the molecule is CC1(C)CCC(C)(O)C1(C)C. The minimum atomic E-state index is -0.476. The van der Waals surface area contributed by atoms with Crippen molar-refractivity contribution < 1.29 is 5.11 Å². The van der Waals surface area contributed by atoms with E-state index in [0.29, 0.717) is 0 Å². The van der Waals surface area contributed by atoms with Crippen LogP contribution >= 0.6 is 0 Å². The minimum absolute atomic E-state index is 0.0417. The van der Waals surface area contributed by atoms with Crippen LogP contribution < -0.4 is 0 Å². The van der Waals surface area contributed by atoms with E-state index < -0.39 is 5.60 Å². The summed E-state index contributed by atoms with van der Waals surface area (Å²) in [4.78, 5) is 0. The highest BCUT2D eigenvalue weighted by molar-refractivity contribution is 5.05. The van der Waals surface area contributed by atoms with Crippen molar-refractivity contribution in [3.63, 3.8) is 0 Å². The Bertz CT molecular complexity index is 148. The lowest BCUT2D eigenvalue weighted by Crippen LogP contribution is -2.43. The van der Waals surface area contributed by atoms with E-state index in [1.54, 1.807) is 0 Å². The molecule has 0 amide bonds. The quantitative estimate of drug-likeness (QED) is 0.571. The molecule has 1 saturated carbocycles. The van der Waals surface area contributed by atoms with E-state index in [-0.39, 0.29) is 10.8 Å². The summed E-state index contributed by atoms with van der Waals surface area (Å²) in [5, 5.41) is 10.1. The fourth-order valence-corrected chi connectivity index (χ4v) is 1.91. The van der Waals surface area contributed by atoms with E-state index >= 15 is 0 Å². The summed E-state index contributed by atoms with van der Waals surface area (Å²) in [5.74, 6) is 0. The highest BCUT2D eigenvalue weighted by atomic mass is 16.3. The molecule has 0 aromatic carbocycles. The molecule has 1 fully saturated rings. The lowest BCUT2D eigenvalue weighted by Gasteiger charge is -2.42. The normalized spacial score (nSPS) is 40.9. The van der Waals surface area contributed by atoms with Crippen LogP contribution in [0, 0.1) is 10.8 Å². The molecule has 0 aromatic heterocycles. The first kappa shape index (κ1) is 9.05. The van der Waals surface area contributed by atoms with Gasteiger partial charge < -0.3 is 5.11 Å². The van der Waals surface area contributed by atoms with Gasteiger partial charge in [0.1, 0.15) is 0 Å². The molecular formula is C10H20O. The van der Waals surface area contributed by atoms with E-state index in [9.17, 15) is 5.11 Å². The van der Waals surface area contributed by atoms with Gasteiger partial charge in [-0.05, 0) is 30.6 Å². The first-order chi connectivity index (χ1) is 4.71. The standard InChI is InChI=1S/C10H20O/c1-8(2)6-7-10(5,11)9(8,3)4/h11H,6-7H2,1-5H3. The van der Waals surface area contributed by atoms with Crippen LogP contribution in [0.1, 0.15) is 47.5 Å². The van der Waals surface area contributed by atoms with Crippen LogP contribution in [-0.4, -0.2) is 10.7 Å². The van der Waals surface area contributed by atoms with Crippen LogP contribution in [0.5, 0.6) is 0 Å². The van der Waals surface area contributed by atoms with Crippen molar-refractivity contribution in [2.45, 2.75) is 53.1 Å². The van der Waals surface area contributed by atoms with Gasteiger partial charge in [-0.25, -0.2) is 0 Å². The highest BCUT2D eigenvalue weighted by Crippen LogP contribution is 2.57. The number of rotatable bonds is 0. The Hall–Kier alpha value is -0.0400. The van der Waals surface area contributed by atoms with Crippen LogP contribution in [0.25, 0.3) is 0 Å². The van der Waals surface area contributed by atoms with Gasteiger partial charge in [-0.15, -0.1) is 0 Å². The Morgan fingerprint density at radius 2 is 1.36 bits per heavy atom. The molecule has 1 unspecified atom stereocenters. The Morgan fingerprint density at radius 1 is 0.909 bits per heavy atom. The summed E-state index contributed by atoms with van der Waals surface area (Å²) in [7, 11) is 0. The third-order valence-corrected chi connectivity index (χ3v) is 4.28. The van der Waals surface area contributed by atoms with Gasteiger partial charge in [0.05, 0.1) is 5.60 Å². The molecule has 0 saturated heterocycles. The third kappa shape index (κ3) is 1.01. The van der Waals surface area contributed by atoms with Gasteiger partial charge in [-0.3, -0.25) is 0 Å². The van der Waals surface area contributed by atoms with Gasteiger partial charge in [0.25, 0.3) is 0 Å². The second-order valence-electron chi connectivity index (χ2n) is 5.28. The van der Waals surface area contributed by atoms with E-state index in [1.165, 1.54) is 0 Å². The van der Waals surface area contributed by atoms with Gasteiger partial charge in [0.2, 0.25) is 0 Å². The zero-order valence-electron chi connectivity index (χ0n) is 8.36. The van der Waals surface area contributed by atoms with E-state index in [4.69, 9.17) is 0 Å². The predicted molar refractivity (Wildman–Crippen MR) is 47.4 cm³/mol. The molecule has 1 atom stereocenters. The number of hydrogen-bond acceptors (Lipinski definition) is 1. The lowest BCUT2D eigenvalue weighted by molar-refractivity contribution is -0.0633. The number of hydrogen-bond donors (Lipinski definition) is 1. The monoisotopic (exact) mass is 156 g/mol. The molecule has 11 heavy (non-hydrogen) atoms. The maximum atomic E-state index is 10.1. The van der Waals surface area contributed by atoms with Crippen molar-refractivity contribution in [1.82, 2.24) is 0 Å². The highest BCUT2D eigenvalue weighted by Gasteiger charge is 2.54. The van der Waals surface area contributed by atoms with Gasteiger partial charge in [0, 0.05) is 0 Å². The molecule has 66 valence electrons. The minimum Gasteiger partial charge on any atom is -0.390 e. The van der Waals surface area contributed by atoms with Gasteiger partial charge in [-0.1, -0.05) is 27.7 Å². The van der Waals surface area contributed by atoms with Crippen molar-refractivity contribution in [3.05, 3.63) is 0 Å². The molecule has 1 N–H and O–H groups in total. The lowest BCUT2D eigenvalue weighted by atomic mass is 9.65. The fraction of sp³-hybridized carbons (Fsp3) is 1.00. The fourth-order valence-electron chi connectivity index (χ4n) is 1.91. The van der Waals surface area contributed by atoms with Crippen molar-refractivity contribution in [1.29, 1.82) is 0 Å². The summed E-state index contributed by atoms with van der Waals surface area (Å²) in [5.41, 5.74) is -0.160. The molecule has 1 heteroatoms. The van der Waals surface area contributed by atoms with Crippen LogP contribution in [0.4, 0.5) is 0 Å². The summed E-state index contributed by atoms with van der Waals surface area (Å²) >= 11 is 0. The Morgan fingerprint density at radius 3 is 1.45 bits per heavy atom. The molecule has 0 spiro atoms. The largest absolute Gasteiger partial charge is 0.390 e. The van der Waals surface area contributed by atoms with Gasteiger partial charge >= 0.3 is 0 Å². The topological polar surface area (TPSA) is 20.2 Å². The maximum Gasteiger partial charge on any atom is 0.0675 e. The average Bonchev–Trinajstić information content (AvgIpc) is 1.93. The van der Waals surface area contributed by atoms with E-state index in [0.717, 1.165) is 12.8 Å². The third-order valence-electron chi connectivity index (χ3n) is 4.28. The Labute approximate surface area is 69.8 Å². The summed E-state index contributed by atoms with van der Waals surface area (Å²) < 4.78 is 0. The maximum absolute atomic E-state index is 10.1. The van der Waals surface area contributed by atoms with Crippen molar-refractivity contribution >= 4 is 0 Å². The predicted octanol–water partition coefficient (Wildman–Crippen LogP) is 2.58. The molecular weight excluding hydrogens is 136 g/mol. The average molecular weight is 156 g/mol. The second-order valence-corrected chi connectivity index (χ2v) is 5.28. The van der Waals surface area contributed by atoms with Crippen LogP contribution in [0.15, 0.2) is 0 Å². The molecule has 0 aromatic rings. The summed E-state index contributed by atoms with van der Waals surface area (Å²) in [6, 6.07) is 0.